The smallest absolute Gasteiger partial charge is 0.206 e. The van der Waals surface area contributed by atoms with Crippen molar-refractivity contribution in [3.63, 3.8) is 0 Å². The van der Waals surface area contributed by atoms with Gasteiger partial charge in [-0.25, -0.2) is 4.68 Å². The Labute approximate surface area is 159 Å². The van der Waals surface area contributed by atoms with Crippen molar-refractivity contribution in [1.82, 2.24) is 9.66 Å². The summed E-state index contributed by atoms with van der Waals surface area (Å²) in [7, 11) is 0. The molecule has 3 aromatic rings. The fourth-order valence-electron chi connectivity index (χ4n) is 2.11. The fraction of sp³-hybridized carbons (Fsp3) is 0.105. The average molecular weight is 413 g/mol. The highest BCUT2D eigenvalue weighted by molar-refractivity contribution is 9.10. The van der Waals surface area contributed by atoms with Crippen LogP contribution < -0.4 is 4.80 Å². The number of rotatable bonds is 5. The van der Waals surface area contributed by atoms with Gasteiger partial charge in [0, 0.05) is 27.8 Å². The molecule has 0 spiro atoms. The molecule has 0 bridgehead atoms. The lowest BCUT2D eigenvalue weighted by atomic mass is 10.2. The van der Waals surface area contributed by atoms with Gasteiger partial charge in [-0.3, -0.25) is 9.98 Å². The minimum atomic E-state index is 0.588. The third-order valence-corrected chi connectivity index (χ3v) is 4.72. The van der Waals surface area contributed by atoms with Crippen LogP contribution in [0.4, 0.5) is 0 Å². The Hall–Kier alpha value is -2.31. The van der Waals surface area contributed by atoms with Gasteiger partial charge in [0.25, 0.3) is 0 Å². The first-order valence-corrected chi connectivity index (χ1v) is 9.36. The highest BCUT2D eigenvalue weighted by atomic mass is 79.9. The van der Waals surface area contributed by atoms with Gasteiger partial charge in [-0.2, -0.15) is 5.10 Å². The number of thiazole rings is 1. The van der Waals surface area contributed by atoms with Crippen LogP contribution in [0.15, 0.2) is 80.9 Å². The average Bonchev–Trinajstić information content (AvgIpc) is 3.02. The van der Waals surface area contributed by atoms with E-state index in [1.165, 1.54) is 0 Å². The lowest BCUT2D eigenvalue weighted by Gasteiger charge is -2.04. The van der Waals surface area contributed by atoms with Gasteiger partial charge < -0.3 is 0 Å². The van der Waals surface area contributed by atoms with Crippen molar-refractivity contribution in [1.29, 1.82) is 0 Å². The molecule has 0 amide bonds. The van der Waals surface area contributed by atoms with Gasteiger partial charge in [-0.15, -0.1) is 11.3 Å². The summed E-state index contributed by atoms with van der Waals surface area (Å²) in [6.45, 7) is 6.48. The summed E-state index contributed by atoms with van der Waals surface area (Å²) in [5, 5.41) is 6.73. The van der Waals surface area contributed by atoms with Crippen molar-refractivity contribution in [2.24, 2.45) is 10.1 Å². The second-order valence-electron chi connectivity index (χ2n) is 5.52. The van der Waals surface area contributed by atoms with E-state index in [-0.39, 0.29) is 0 Å². The molecule has 0 aliphatic heterocycles. The van der Waals surface area contributed by atoms with Crippen LogP contribution in [0.1, 0.15) is 12.5 Å². The van der Waals surface area contributed by atoms with Crippen LogP contribution in [0.25, 0.3) is 11.3 Å². The van der Waals surface area contributed by atoms with Crippen molar-refractivity contribution < 1.29 is 0 Å². The maximum Gasteiger partial charge on any atom is 0.206 e. The van der Waals surface area contributed by atoms with Crippen molar-refractivity contribution >= 4 is 33.5 Å². The van der Waals surface area contributed by atoms with Gasteiger partial charge in [0.2, 0.25) is 4.80 Å². The number of nitrogens with zero attached hydrogens (tertiary/aromatic N) is 4. The Morgan fingerprint density at radius 2 is 1.96 bits per heavy atom. The lowest BCUT2D eigenvalue weighted by Crippen LogP contribution is -2.13. The van der Waals surface area contributed by atoms with Crippen LogP contribution in [0, 0.1) is 0 Å². The maximum atomic E-state index is 4.65. The quantitative estimate of drug-likeness (QED) is 0.440. The predicted molar refractivity (Wildman–Crippen MR) is 108 cm³/mol. The van der Waals surface area contributed by atoms with E-state index >= 15 is 0 Å². The van der Waals surface area contributed by atoms with E-state index < -0.39 is 0 Å². The largest absolute Gasteiger partial charge is 0.265 e. The van der Waals surface area contributed by atoms with E-state index in [1.54, 1.807) is 23.7 Å². The number of hydrogen-bond acceptors (Lipinski definition) is 4. The van der Waals surface area contributed by atoms with Crippen LogP contribution in [-0.2, 0) is 0 Å². The number of pyridine rings is 1. The van der Waals surface area contributed by atoms with Gasteiger partial charge in [-0.05, 0) is 36.8 Å². The molecular formula is C19H17BrN4S. The van der Waals surface area contributed by atoms with Crippen LogP contribution >= 0.6 is 27.3 Å². The molecular weight excluding hydrogens is 396 g/mol. The normalized spacial score (nSPS) is 12.0. The molecule has 0 atom stereocenters. The molecule has 2 aromatic heterocycles. The second kappa shape index (κ2) is 8.18. The molecule has 0 aliphatic carbocycles. The second-order valence-corrected chi connectivity index (χ2v) is 7.27. The van der Waals surface area contributed by atoms with E-state index in [0.29, 0.717) is 6.54 Å². The Balaban J connectivity index is 2.06. The summed E-state index contributed by atoms with van der Waals surface area (Å²) in [4.78, 5) is 9.50. The third-order valence-electron chi connectivity index (χ3n) is 3.34. The first-order valence-electron chi connectivity index (χ1n) is 7.69. The maximum absolute atomic E-state index is 4.65. The van der Waals surface area contributed by atoms with Gasteiger partial charge in [0.1, 0.15) is 0 Å². The molecule has 4 nitrogen and oxygen atoms in total. The molecule has 1 aromatic carbocycles. The number of benzene rings is 1. The standard InChI is InChI=1S/C19H17BrN4S/c1-14(2)11-22-19-24(23-12-15-7-9-21-10-8-15)18(13-25-19)16-3-5-17(20)6-4-16/h3-10,12-13H,1,11H2,2H3. The zero-order valence-electron chi connectivity index (χ0n) is 13.8. The van der Waals surface area contributed by atoms with Crippen molar-refractivity contribution in [2.45, 2.75) is 6.92 Å². The Bertz CT molecular complexity index is 953. The number of aromatic nitrogens is 2. The minimum absolute atomic E-state index is 0.588. The molecule has 0 fully saturated rings. The van der Waals surface area contributed by atoms with Crippen LogP contribution in [0.2, 0.25) is 0 Å². The molecule has 0 saturated carbocycles. The summed E-state index contributed by atoms with van der Waals surface area (Å²) in [6.07, 6.45) is 5.32. The molecule has 126 valence electrons. The summed E-state index contributed by atoms with van der Waals surface area (Å²) in [5.74, 6) is 0. The minimum Gasteiger partial charge on any atom is -0.265 e. The van der Waals surface area contributed by atoms with Crippen molar-refractivity contribution in [2.75, 3.05) is 6.54 Å². The highest BCUT2D eigenvalue weighted by Gasteiger charge is 2.07. The van der Waals surface area contributed by atoms with Crippen LogP contribution in [0.5, 0.6) is 0 Å². The Morgan fingerprint density at radius 3 is 2.64 bits per heavy atom. The SMILES string of the molecule is C=C(C)CN=c1scc(-c2ccc(Br)cc2)n1N=Cc1ccncc1. The molecule has 3 rings (SSSR count). The number of hydrogen-bond donors (Lipinski definition) is 0. The zero-order valence-corrected chi connectivity index (χ0v) is 16.2. The van der Waals surface area contributed by atoms with E-state index in [9.17, 15) is 0 Å². The van der Waals surface area contributed by atoms with Gasteiger partial charge in [0.05, 0.1) is 18.5 Å². The third kappa shape index (κ3) is 4.61. The van der Waals surface area contributed by atoms with E-state index in [2.05, 4.69) is 55.1 Å². The van der Waals surface area contributed by atoms with E-state index in [0.717, 1.165) is 31.7 Å². The molecule has 2 heterocycles. The van der Waals surface area contributed by atoms with Crippen molar-refractivity contribution in [3.8, 4) is 11.3 Å². The molecule has 0 aliphatic rings. The lowest BCUT2D eigenvalue weighted by molar-refractivity contribution is 0.836. The summed E-state index contributed by atoms with van der Waals surface area (Å²) in [5.41, 5.74) is 4.09. The predicted octanol–water partition coefficient (Wildman–Crippen LogP) is 4.73. The first-order chi connectivity index (χ1) is 12.1. The van der Waals surface area contributed by atoms with Crippen LogP contribution in [-0.4, -0.2) is 22.4 Å². The highest BCUT2D eigenvalue weighted by Crippen LogP contribution is 2.22. The molecule has 25 heavy (non-hydrogen) atoms. The molecule has 6 heteroatoms. The van der Waals surface area contributed by atoms with Gasteiger partial charge in [0.15, 0.2) is 0 Å². The number of halogens is 1. The summed E-state index contributed by atoms with van der Waals surface area (Å²) < 4.78 is 2.92. The van der Waals surface area contributed by atoms with E-state index in [4.69, 9.17) is 0 Å². The molecule has 0 unspecified atom stereocenters. The fourth-order valence-corrected chi connectivity index (χ4v) is 3.22. The Morgan fingerprint density at radius 1 is 1.24 bits per heavy atom. The van der Waals surface area contributed by atoms with Crippen LogP contribution in [0.3, 0.4) is 0 Å². The molecule has 0 N–H and O–H groups in total. The van der Waals surface area contributed by atoms with Gasteiger partial charge >= 0.3 is 0 Å². The monoisotopic (exact) mass is 412 g/mol. The van der Waals surface area contributed by atoms with Gasteiger partial charge in [-0.1, -0.05) is 40.2 Å². The Kier molecular flexibility index (Phi) is 5.73. The summed E-state index contributed by atoms with van der Waals surface area (Å²) in [6, 6.07) is 12.0. The van der Waals surface area contributed by atoms with Crippen molar-refractivity contribution in [3.05, 3.63) is 81.2 Å². The summed E-state index contributed by atoms with van der Waals surface area (Å²) >= 11 is 5.05. The first kappa shape index (κ1) is 17.5. The zero-order chi connectivity index (χ0) is 17.6. The topological polar surface area (TPSA) is 42.5 Å². The molecule has 0 radical (unpaired) electrons. The molecule has 0 saturated heterocycles. The van der Waals surface area contributed by atoms with E-state index in [1.807, 2.05) is 42.1 Å².